The van der Waals surface area contributed by atoms with Crippen molar-refractivity contribution in [3.8, 4) is 5.75 Å². The van der Waals surface area contributed by atoms with E-state index in [0.717, 1.165) is 16.8 Å². The third kappa shape index (κ3) is 6.07. The summed E-state index contributed by atoms with van der Waals surface area (Å²) in [6.07, 6.45) is 0. The molecule has 1 fully saturated rings. The molecule has 0 bridgehead atoms. The van der Waals surface area contributed by atoms with E-state index in [4.69, 9.17) is 9.47 Å². The second-order valence-electron chi connectivity index (χ2n) is 7.78. The smallest absolute Gasteiger partial charge is 0.338 e. The molecule has 2 aromatic carbocycles. The van der Waals surface area contributed by atoms with Crippen LogP contribution in [0.5, 0.6) is 5.75 Å². The number of piperazine rings is 1. The number of esters is 1. The predicted octanol–water partition coefficient (Wildman–Crippen LogP) is 2.25. The first kappa shape index (κ1) is 23.3. The number of nitrogens with zero attached hydrogens (tertiary/aromatic N) is 2. The average molecular weight is 440 g/mol. The van der Waals surface area contributed by atoms with E-state index >= 15 is 0 Å². The Balaban J connectivity index is 1.41. The highest BCUT2D eigenvalue weighted by molar-refractivity contribution is 5.94. The van der Waals surface area contributed by atoms with Crippen LogP contribution in [0.2, 0.25) is 0 Å². The zero-order chi connectivity index (χ0) is 23.1. The molecule has 0 atom stereocenters. The third-order valence-corrected chi connectivity index (χ3v) is 5.49. The Morgan fingerprint density at radius 2 is 1.56 bits per heavy atom. The summed E-state index contributed by atoms with van der Waals surface area (Å²) < 4.78 is 10.2. The maximum absolute atomic E-state index is 12.5. The molecule has 170 valence electrons. The fourth-order valence-corrected chi connectivity index (χ4v) is 3.58. The monoisotopic (exact) mass is 439 g/mol. The van der Waals surface area contributed by atoms with E-state index in [2.05, 4.69) is 5.32 Å². The van der Waals surface area contributed by atoms with Crippen LogP contribution >= 0.6 is 0 Å². The summed E-state index contributed by atoms with van der Waals surface area (Å²) >= 11 is 0. The summed E-state index contributed by atoms with van der Waals surface area (Å²) in [4.78, 5) is 40.6. The standard InChI is InChI=1S/C24H29N3O5/c1-17-5-4-6-18(2)23(17)25-21(28)15-26-11-13-27(14-12-26)22(29)16-32-24(30)19-7-9-20(31-3)10-8-19/h4-10H,11-16H2,1-3H3,(H,25,28). The van der Waals surface area contributed by atoms with E-state index in [0.29, 0.717) is 37.5 Å². The number of aryl methyl sites for hydroxylation is 2. The van der Waals surface area contributed by atoms with Gasteiger partial charge < -0.3 is 19.7 Å². The van der Waals surface area contributed by atoms with Gasteiger partial charge in [0, 0.05) is 31.9 Å². The van der Waals surface area contributed by atoms with E-state index in [1.165, 1.54) is 0 Å². The highest BCUT2D eigenvalue weighted by Crippen LogP contribution is 2.19. The summed E-state index contributed by atoms with van der Waals surface area (Å²) in [5.74, 6) is -0.233. The van der Waals surface area contributed by atoms with E-state index in [1.807, 2.05) is 36.9 Å². The van der Waals surface area contributed by atoms with Crippen molar-refractivity contribution in [3.05, 3.63) is 59.2 Å². The molecule has 2 amide bonds. The molecule has 1 heterocycles. The second kappa shape index (κ2) is 10.8. The van der Waals surface area contributed by atoms with Gasteiger partial charge in [-0.05, 0) is 49.2 Å². The van der Waals surface area contributed by atoms with Gasteiger partial charge in [0.05, 0.1) is 19.2 Å². The van der Waals surface area contributed by atoms with Gasteiger partial charge in [-0.25, -0.2) is 4.79 Å². The minimum Gasteiger partial charge on any atom is -0.497 e. The molecule has 0 radical (unpaired) electrons. The maximum atomic E-state index is 12.5. The molecule has 8 nitrogen and oxygen atoms in total. The minimum atomic E-state index is -0.553. The van der Waals surface area contributed by atoms with Gasteiger partial charge in [0.2, 0.25) is 5.91 Å². The largest absolute Gasteiger partial charge is 0.497 e. The highest BCUT2D eigenvalue weighted by Gasteiger charge is 2.23. The molecule has 0 aromatic heterocycles. The molecule has 1 saturated heterocycles. The van der Waals surface area contributed by atoms with Crippen molar-refractivity contribution in [1.29, 1.82) is 0 Å². The number of anilines is 1. The molecule has 1 aliphatic heterocycles. The second-order valence-corrected chi connectivity index (χ2v) is 7.78. The normalized spacial score (nSPS) is 14.0. The van der Waals surface area contributed by atoms with Crippen LogP contribution in [0.4, 0.5) is 5.69 Å². The Morgan fingerprint density at radius 3 is 2.16 bits per heavy atom. The number of hydrogen-bond acceptors (Lipinski definition) is 6. The summed E-state index contributed by atoms with van der Waals surface area (Å²) in [7, 11) is 1.54. The van der Waals surface area contributed by atoms with Crippen molar-refractivity contribution in [2.45, 2.75) is 13.8 Å². The molecule has 2 aromatic rings. The number of ether oxygens (including phenoxy) is 2. The molecule has 32 heavy (non-hydrogen) atoms. The van der Waals surface area contributed by atoms with Gasteiger partial charge >= 0.3 is 5.97 Å². The average Bonchev–Trinajstić information content (AvgIpc) is 2.80. The van der Waals surface area contributed by atoms with E-state index in [-0.39, 0.29) is 25.0 Å². The van der Waals surface area contributed by atoms with E-state index < -0.39 is 5.97 Å². The molecule has 0 saturated carbocycles. The highest BCUT2D eigenvalue weighted by atomic mass is 16.5. The Hall–Kier alpha value is -3.39. The van der Waals surface area contributed by atoms with Crippen LogP contribution in [-0.2, 0) is 14.3 Å². The number of hydrogen-bond donors (Lipinski definition) is 1. The number of benzene rings is 2. The lowest BCUT2D eigenvalue weighted by Crippen LogP contribution is -2.51. The Kier molecular flexibility index (Phi) is 7.83. The molecule has 0 spiro atoms. The number of para-hydroxylation sites is 1. The third-order valence-electron chi connectivity index (χ3n) is 5.49. The van der Waals surface area contributed by atoms with Gasteiger partial charge in [-0.1, -0.05) is 18.2 Å². The zero-order valence-corrected chi connectivity index (χ0v) is 18.7. The fraction of sp³-hybridized carbons (Fsp3) is 0.375. The lowest BCUT2D eigenvalue weighted by atomic mass is 10.1. The van der Waals surface area contributed by atoms with Crippen molar-refractivity contribution >= 4 is 23.5 Å². The first-order valence-electron chi connectivity index (χ1n) is 10.5. The molecule has 0 aliphatic carbocycles. The van der Waals surface area contributed by atoms with Crippen LogP contribution in [0.15, 0.2) is 42.5 Å². The van der Waals surface area contributed by atoms with Crippen molar-refractivity contribution in [2.75, 3.05) is 51.8 Å². The van der Waals surface area contributed by atoms with Gasteiger partial charge in [0.25, 0.3) is 5.91 Å². The quantitative estimate of drug-likeness (QED) is 0.666. The number of amides is 2. The summed E-state index contributed by atoms with van der Waals surface area (Å²) in [5.41, 5.74) is 3.26. The van der Waals surface area contributed by atoms with Crippen LogP contribution in [0.25, 0.3) is 0 Å². The van der Waals surface area contributed by atoms with Crippen LogP contribution in [0.3, 0.4) is 0 Å². The van der Waals surface area contributed by atoms with Gasteiger partial charge in [0.1, 0.15) is 5.75 Å². The van der Waals surface area contributed by atoms with Crippen molar-refractivity contribution in [1.82, 2.24) is 9.80 Å². The van der Waals surface area contributed by atoms with Gasteiger partial charge in [-0.15, -0.1) is 0 Å². The zero-order valence-electron chi connectivity index (χ0n) is 18.7. The number of carbonyl (C=O) groups excluding carboxylic acids is 3. The first-order chi connectivity index (χ1) is 15.4. The minimum absolute atomic E-state index is 0.0735. The van der Waals surface area contributed by atoms with Crippen LogP contribution in [-0.4, -0.2) is 74.0 Å². The van der Waals surface area contributed by atoms with Crippen molar-refractivity contribution in [3.63, 3.8) is 0 Å². The molecular weight excluding hydrogens is 410 g/mol. The van der Waals surface area contributed by atoms with Crippen LogP contribution < -0.4 is 10.1 Å². The van der Waals surface area contributed by atoms with Crippen molar-refractivity contribution < 1.29 is 23.9 Å². The Bertz CT molecular complexity index is 946. The van der Waals surface area contributed by atoms with E-state index in [1.54, 1.807) is 36.3 Å². The summed E-state index contributed by atoms with van der Waals surface area (Å²) in [5, 5.41) is 2.99. The lowest BCUT2D eigenvalue weighted by molar-refractivity contribution is -0.136. The predicted molar refractivity (Wildman–Crippen MR) is 121 cm³/mol. The maximum Gasteiger partial charge on any atom is 0.338 e. The first-order valence-corrected chi connectivity index (χ1v) is 10.5. The molecule has 1 N–H and O–H groups in total. The molecule has 3 rings (SSSR count). The molecule has 1 aliphatic rings. The van der Waals surface area contributed by atoms with Gasteiger partial charge in [-0.3, -0.25) is 14.5 Å². The van der Waals surface area contributed by atoms with Crippen LogP contribution in [0, 0.1) is 13.8 Å². The number of methoxy groups -OCH3 is 1. The SMILES string of the molecule is COc1ccc(C(=O)OCC(=O)N2CCN(CC(=O)Nc3c(C)cccc3C)CC2)cc1. The lowest BCUT2D eigenvalue weighted by Gasteiger charge is -2.34. The number of rotatable bonds is 7. The molecule has 8 heteroatoms. The molecular formula is C24H29N3O5. The fourth-order valence-electron chi connectivity index (χ4n) is 3.58. The van der Waals surface area contributed by atoms with Gasteiger partial charge in [0.15, 0.2) is 6.61 Å². The Morgan fingerprint density at radius 1 is 0.938 bits per heavy atom. The van der Waals surface area contributed by atoms with Crippen LogP contribution in [0.1, 0.15) is 21.5 Å². The van der Waals surface area contributed by atoms with Gasteiger partial charge in [-0.2, -0.15) is 0 Å². The summed E-state index contributed by atoms with van der Waals surface area (Å²) in [6, 6.07) is 12.4. The molecule has 0 unspecified atom stereocenters. The van der Waals surface area contributed by atoms with E-state index in [9.17, 15) is 14.4 Å². The Labute approximate surface area is 188 Å². The summed E-state index contributed by atoms with van der Waals surface area (Å²) in [6.45, 7) is 6.02. The topological polar surface area (TPSA) is 88.2 Å². The number of nitrogens with one attached hydrogen (secondary N) is 1. The van der Waals surface area contributed by atoms with Crippen molar-refractivity contribution in [2.24, 2.45) is 0 Å². The number of carbonyl (C=O) groups is 3.